The van der Waals surface area contributed by atoms with Crippen molar-refractivity contribution < 1.29 is 14.5 Å². The van der Waals surface area contributed by atoms with Crippen LogP contribution in [-0.4, -0.2) is 17.4 Å². The van der Waals surface area contributed by atoms with Crippen molar-refractivity contribution in [2.75, 3.05) is 11.9 Å². The van der Waals surface area contributed by atoms with Crippen molar-refractivity contribution in [3.8, 4) is 5.75 Å². The Labute approximate surface area is 131 Å². The second-order valence-electron chi connectivity index (χ2n) is 4.57. The van der Waals surface area contributed by atoms with Crippen molar-refractivity contribution in [1.82, 2.24) is 0 Å². The van der Waals surface area contributed by atoms with Gasteiger partial charge in [-0.05, 0) is 30.7 Å². The summed E-state index contributed by atoms with van der Waals surface area (Å²) in [4.78, 5) is 21.9. The highest BCUT2D eigenvalue weighted by atomic mass is 35.5. The van der Waals surface area contributed by atoms with Crippen molar-refractivity contribution in [1.29, 1.82) is 0 Å². The smallest absolute Gasteiger partial charge is 0.273 e. The topological polar surface area (TPSA) is 81.5 Å². The number of hydrogen-bond donors (Lipinski definition) is 1. The SMILES string of the molecule is Cc1ccc(NC(=O)COc2cccc([N+](=O)[O-])c2)c(Cl)c1. The predicted molar refractivity (Wildman–Crippen MR) is 83.4 cm³/mol. The molecular weight excluding hydrogens is 308 g/mol. The molecule has 0 aliphatic rings. The number of amides is 1. The Morgan fingerprint density at radius 2 is 2.09 bits per heavy atom. The molecule has 0 unspecified atom stereocenters. The van der Waals surface area contributed by atoms with E-state index >= 15 is 0 Å². The van der Waals surface area contributed by atoms with Crippen LogP contribution in [0.25, 0.3) is 0 Å². The average Bonchev–Trinajstić information content (AvgIpc) is 2.48. The number of benzene rings is 2. The van der Waals surface area contributed by atoms with Crippen LogP contribution in [0.2, 0.25) is 5.02 Å². The van der Waals surface area contributed by atoms with Gasteiger partial charge >= 0.3 is 0 Å². The van der Waals surface area contributed by atoms with Crippen LogP contribution in [0.15, 0.2) is 42.5 Å². The number of nitro benzene ring substituents is 1. The summed E-state index contributed by atoms with van der Waals surface area (Å²) in [6.07, 6.45) is 0. The van der Waals surface area contributed by atoms with E-state index in [4.69, 9.17) is 16.3 Å². The van der Waals surface area contributed by atoms with Gasteiger partial charge in [-0.3, -0.25) is 14.9 Å². The number of hydrogen-bond acceptors (Lipinski definition) is 4. The van der Waals surface area contributed by atoms with E-state index in [1.165, 1.54) is 18.2 Å². The number of nitro groups is 1. The largest absolute Gasteiger partial charge is 0.484 e. The zero-order chi connectivity index (χ0) is 16.1. The molecule has 2 aromatic carbocycles. The van der Waals surface area contributed by atoms with Crippen molar-refractivity contribution >= 4 is 28.9 Å². The molecule has 0 bridgehead atoms. The van der Waals surface area contributed by atoms with E-state index in [1.807, 2.05) is 13.0 Å². The molecule has 0 spiro atoms. The molecule has 0 saturated carbocycles. The minimum absolute atomic E-state index is 0.0977. The maximum atomic E-state index is 11.8. The van der Waals surface area contributed by atoms with Gasteiger partial charge < -0.3 is 10.1 Å². The van der Waals surface area contributed by atoms with E-state index in [9.17, 15) is 14.9 Å². The van der Waals surface area contributed by atoms with E-state index in [-0.39, 0.29) is 18.0 Å². The van der Waals surface area contributed by atoms with Crippen LogP contribution >= 0.6 is 11.6 Å². The first-order valence-corrected chi connectivity index (χ1v) is 6.77. The summed E-state index contributed by atoms with van der Waals surface area (Å²) in [7, 11) is 0. The van der Waals surface area contributed by atoms with Crippen molar-refractivity contribution in [3.05, 3.63) is 63.2 Å². The summed E-state index contributed by atoms with van der Waals surface area (Å²) in [6.45, 7) is 1.62. The van der Waals surface area contributed by atoms with Gasteiger partial charge in [-0.15, -0.1) is 0 Å². The molecule has 0 heterocycles. The number of nitrogens with one attached hydrogen (secondary N) is 1. The van der Waals surface area contributed by atoms with E-state index < -0.39 is 10.8 Å². The second kappa shape index (κ2) is 6.91. The van der Waals surface area contributed by atoms with Crippen LogP contribution < -0.4 is 10.1 Å². The summed E-state index contributed by atoms with van der Waals surface area (Å²) >= 11 is 6.02. The molecule has 22 heavy (non-hydrogen) atoms. The van der Waals surface area contributed by atoms with Gasteiger partial charge in [0.05, 0.1) is 21.7 Å². The number of nitrogens with zero attached hydrogens (tertiary/aromatic N) is 1. The van der Waals surface area contributed by atoms with E-state index in [2.05, 4.69) is 5.32 Å². The number of halogens is 1. The minimum atomic E-state index is -0.529. The molecular formula is C15H13ClN2O4. The molecule has 0 atom stereocenters. The second-order valence-corrected chi connectivity index (χ2v) is 4.98. The Balaban J connectivity index is 1.95. The van der Waals surface area contributed by atoms with Gasteiger partial charge in [0.15, 0.2) is 6.61 Å². The first-order chi connectivity index (χ1) is 10.5. The molecule has 0 aliphatic heterocycles. The van der Waals surface area contributed by atoms with E-state index in [0.29, 0.717) is 10.7 Å². The first kappa shape index (κ1) is 15.8. The van der Waals surface area contributed by atoms with Gasteiger partial charge in [0, 0.05) is 6.07 Å². The summed E-state index contributed by atoms with van der Waals surface area (Å²) in [6, 6.07) is 10.9. The fourth-order valence-corrected chi connectivity index (χ4v) is 2.03. The van der Waals surface area contributed by atoms with Crippen LogP contribution in [0.4, 0.5) is 11.4 Å². The lowest BCUT2D eigenvalue weighted by atomic mass is 10.2. The van der Waals surface area contributed by atoms with Crippen molar-refractivity contribution in [2.24, 2.45) is 0 Å². The van der Waals surface area contributed by atoms with Gasteiger partial charge in [0.25, 0.3) is 11.6 Å². The molecule has 0 saturated heterocycles. The van der Waals surface area contributed by atoms with Crippen LogP contribution in [0.3, 0.4) is 0 Å². The van der Waals surface area contributed by atoms with E-state index in [0.717, 1.165) is 5.56 Å². The number of carbonyl (C=O) groups is 1. The van der Waals surface area contributed by atoms with Crippen LogP contribution in [0, 0.1) is 17.0 Å². The first-order valence-electron chi connectivity index (χ1n) is 6.39. The van der Waals surface area contributed by atoms with Crippen LogP contribution in [0.5, 0.6) is 5.75 Å². The Bertz CT molecular complexity index is 718. The van der Waals surface area contributed by atoms with Crippen LogP contribution in [0.1, 0.15) is 5.56 Å². The zero-order valence-electron chi connectivity index (χ0n) is 11.7. The monoisotopic (exact) mass is 320 g/mol. The molecule has 6 nitrogen and oxygen atoms in total. The fraction of sp³-hybridized carbons (Fsp3) is 0.133. The minimum Gasteiger partial charge on any atom is -0.484 e. The van der Waals surface area contributed by atoms with E-state index in [1.54, 1.807) is 18.2 Å². The molecule has 0 radical (unpaired) electrons. The Kier molecular flexibility index (Phi) is 4.95. The molecule has 2 rings (SSSR count). The summed E-state index contributed by atoms with van der Waals surface area (Å²) in [5.41, 5.74) is 1.37. The normalized spacial score (nSPS) is 10.1. The molecule has 2 aromatic rings. The predicted octanol–water partition coefficient (Wildman–Crippen LogP) is 3.57. The number of aryl methyl sites for hydroxylation is 1. The lowest BCUT2D eigenvalue weighted by Gasteiger charge is -2.09. The number of non-ortho nitro benzene ring substituents is 1. The third kappa shape index (κ3) is 4.20. The molecule has 114 valence electrons. The standard InChI is InChI=1S/C15H13ClN2O4/c1-10-5-6-14(13(16)7-10)17-15(19)9-22-12-4-2-3-11(8-12)18(20)21/h2-8H,9H2,1H3,(H,17,19). The molecule has 7 heteroatoms. The molecule has 0 aromatic heterocycles. The van der Waals surface area contributed by atoms with Gasteiger partial charge in [0.1, 0.15) is 5.75 Å². The summed E-state index contributed by atoms with van der Waals surface area (Å²) in [5.74, 6) is -0.156. The quantitative estimate of drug-likeness (QED) is 0.674. The molecule has 0 fully saturated rings. The van der Waals surface area contributed by atoms with Gasteiger partial charge in [-0.2, -0.15) is 0 Å². The third-order valence-electron chi connectivity index (χ3n) is 2.80. The number of rotatable bonds is 5. The Hall–Kier alpha value is -2.60. The van der Waals surface area contributed by atoms with Crippen molar-refractivity contribution in [2.45, 2.75) is 6.92 Å². The third-order valence-corrected chi connectivity index (χ3v) is 3.11. The molecule has 0 aliphatic carbocycles. The summed E-state index contributed by atoms with van der Waals surface area (Å²) < 4.78 is 5.23. The highest BCUT2D eigenvalue weighted by Crippen LogP contribution is 2.23. The number of ether oxygens (including phenoxy) is 1. The number of anilines is 1. The van der Waals surface area contributed by atoms with Gasteiger partial charge in [-0.25, -0.2) is 0 Å². The number of carbonyl (C=O) groups excluding carboxylic acids is 1. The lowest BCUT2D eigenvalue weighted by molar-refractivity contribution is -0.384. The average molecular weight is 321 g/mol. The molecule has 1 amide bonds. The lowest BCUT2D eigenvalue weighted by Crippen LogP contribution is -2.20. The van der Waals surface area contributed by atoms with Crippen LogP contribution in [-0.2, 0) is 4.79 Å². The molecule has 1 N–H and O–H groups in total. The maximum absolute atomic E-state index is 11.8. The highest BCUT2D eigenvalue weighted by molar-refractivity contribution is 6.33. The highest BCUT2D eigenvalue weighted by Gasteiger charge is 2.09. The fourth-order valence-electron chi connectivity index (χ4n) is 1.74. The summed E-state index contributed by atoms with van der Waals surface area (Å²) in [5, 5.41) is 13.7. The maximum Gasteiger partial charge on any atom is 0.273 e. The van der Waals surface area contributed by atoms with Gasteiger partial charge in [0.2, 0.25) is 0 Å². The Morgan fingerprint density at radius 3 is 2.77 bits per heavy atom. The van der Waals surface area contributed by atoms with Crippen molar-refractivity contribution in [3.63, 3.8) is 0 Å². The zero-order valence-corrected chi connectivity index (χ0v) is 12.5. The van der Waals surface area contributed by atoms with Gasteiger partial charge in [-0.1, -0.05) is 23.7 Å². The Morgan fingerprint density at radius 1 is 1.32 bits per heavy atom.